The minimum atomic E-state index is -0.259. The van der Waals surface area contributed by atoms with E-state index >= 15 is 0 Å². The number of pyridine rings is 1. The van der Waals surface area contributed by atoms with E-state index in [4.69, 9.17) is 20.4 Å². The van der Waals surface area contributed by atoms with E-state index < -0.39 is 0 Å². The highest BCUT2D eigenvalue weighted by atomic mass is 16.5. The largest absolute Gasteiger partial charge is 0.495 e. The van der Waals surface area contributed by atoms with E-state index in [1.807, 2.05) is 0 Å². The van der Waals surface area contributed by atoms with Gasteiger partial charge < -0.3 is 30.7 Å². The second-order valence-corrected chi connectivity index (χ2v) is 11.9. The summed E-state index contributed by atoms with van der Waals surface area (Å²) >= 11 is 0. The van der Waals surface area contributed by atoms with E-state index in [1.165, 1.54) is 25.9 Å². The number of fused-ring (bicyclic) bond motifs is 1. The van der Waals surface area contributed by atoms with Gasteiger partial charge in [0.2, 0.25) is 0 Å². The van der Waals surface area contributed by atoms with Crippen molar-refractivity contribution in [2.24, 2.45) is 0 Å². The van der Waals surface area contributed by atoms with Gasteiger partial charge in [0.25, 0.3) is 0 Å². The van der Waals surface area contributed by atoms with Crippen LogP contribution in [0.3, 0.4) is 0 Å². The number of aryl methyl sites for hydroxylation is 1. The molecule has 3 aromatic rings. The van der Waals surface area contributed by atoms with Crippen LogP contribution in [-0.4, -0.2) is 101 Å². The van der Waals surface area contributed by atoms with Crippen molar-refractivity contribution in [1.29, 1.82) is 0 Å². The number of rotatable bonds is 7. The maximum absolute atomic E-state index is 10.0. The SMILES string of the molecule is CCc1nc2c(N)ncc(-c3ccc(N4CCC(N5CCN(C)CC5)CC4)c(OC)c3)c2nc1N[C@H]1CC[C@H](O)C1. The minimum absolute atomic E-state index is 0.185. The molecule has 1 aliphatic carbocycles. The lowest BCUT2D eigenvalue weighted by atomic mass is 10.00. The van der Waals surface area contributed by atoms with Crippen LogP contribution in [0, 0.1) is 0 Å². The van der Waals surface area contributed by atoms with E-state index in [0.717, 1.165) is 91.5 Å². The molecule has 41 heavy (non-hydrogen) atoms. The zero-order valence-corrected chi connectivity index (χ0v) is 24.6. The van der Waals surface area contributed by atoms with E-state index in [1.54, 1.807) is 13.3 Å². The van der Waals surface area contributed by atoms with E-state index in [-0.39, 0.29) is 12.1 Å². The van der Waals surface area contributed by atoms with Crippen LogP contribution in [0.4, 0.5) is 17.3 Å². The average molecular weight is 561 g/mol. The van der Waals surface area contributed by atoms with Crippen LogP contribution in [0.5, 0.6) is 5.75 Å². The van der Waals surface area contributed by atoms with Crippen molar-refractivity contribution in [3.8, 4) is 16.9 Å². The number of piperidine rings is 1. The molecule has 2 aromatic heterocycles. The summed E-state index contributed by atoms with van der Waals surface area (Å²) in [5.74, 6) is 1.99. The number of nitrogens with two attached hydrogens (primary N) is 1. The van der Waals surface area contributed by atoms with Crippen molar-refractivity contribution in [2.45, 2.75) is 63.6 Å². The highest BCUT2D eigenvalue weighted by Crippen LogP contribution is 2.38. The predicted octanol–water partition coefficient (Wildman–Crippen LogP) is 3.39. The fraction of sp³-hybridized carbons (Fsp3) is 0.581. The van der Waals surface area contributed by atoms with Gasteiger partial charge in [0.05, 0.1) is 24.6 Å². The number of aromatic nitrogens is 3. The lowest BCUT2D eigenvalue weighted by Crippen LogP contribution is -2.52. The summed E-state index contributed by atoms with van der Waals surface area (Å²) in [5, 5.41) is 13.6. The zero-order valence-electron chi connectivity index (χ0n) is 24.6. The van der Waals surface area contributed by atoms with Crippen molar-refractivity contribution in [3.63, 3.8) is 0 Å². The second kappa shape index (κ2) is 12.0. The van der Waals surface area contributed by atoms with Gasteiger partial charge in [0.15, 0.2) is 5.82 Å². The molecular weight excluding hydrogens is 516 g/mol. The fourth-order valence-electron chi connectivity index (χ4n) is 6.71. The number of anilines is 3. The molecule has 2 aliphatic heterocycles. The van der Waals surface area contributed by atoms with E-state index in [0.29, 0.717) is 17.4 Å². The molecule has 2 atom stereocenters. The summed E-state index contributed by atoms with van der Waals surface area (Å²) in [4.78, 5) is 22.0. The molecule has 0 radical (unpaired) electrons. The van der Waals surface area contributed by atoms with E-state index in [2.05, 4.69) is 57.2 Å². The monoisotopic (exact) mass is 560 g/mol. The number of piperazine rings is 1. The van der Waals surface area contributed by atoms with Gasteiger partial charge in [-0.3, -0.25) is 4.90 Å². The molecule has 1 aromatic carbocycles. The standard InChI is InChI=1S/C31H44N8O2/c1-4-25-31(34-21-6-7-23(40)18-21)36-28-24(19-33-30(32)29(28)35-25)20-5-8-26(27(17-20)41-3)39-11-9-22(10-12-39)38-15-13-37(2)14-16-38/h5,8,17,19,21-23,40H,4,6-7,9-16,18H2,1-3H3,(H2,32,33)(H,34,36)/t21-,23-/m0/s1. The summed E-state index contributed by atoms with van der Waals surface area (Å²) in [6.07, 6.45) is 7.04. The lowest BCUT2D eigenvalue weighted by Gasteiger charge is -2.42. The Morgan fingerprint density at radius 3 is 2.49 bits per heavy atom. The summed E-state index contributed by atoms with van der Waals surface area (Å²) in [7, 11) is 3.96. The first-order chi connectivity index (χ1) is 19.9. The van der Waals surface area contributed by atoms with E-state index in [9.17, 15) is 5.11 Å². The Bertz CT molecular complexity index is 1370. The Morgan fingerprint density at radius 1 is 1.02 bits per heavy atom. The lowest BCUT2D eigenvalue weighted by molar-refractivity contribution is 0.0981. The third-order valence-corrected chi connectivity index (χ3v) is 9.23. The van der Waals surface area contributed by atoms with Gasteiger partial charge >= 0.3 is 0 Å². The molecule has 6 rings (SSSR count). The van der Waals surface area contributed by atoms with Gasteiger partial charge in [0.1, 0.15) is 22.6 Å². The molecule has 1 saturated carbocycles. The van der Waals surface area contributed by atoms with Crippen LogP contribution in [0.25, 0.3) is 22.2 Å². The molecule has 4 N–H and O–H groups in total. The number of benzene rings is 1. The number of hydrogen-bond acceptors (Lipinski definition) is 10. The molecule has 3 fully saturated rings. The first-order valence-electron chi connectivity index (χ1n) is 15.2. The number of hydrogen-bond donors (Lipinski definition) is 3. The minimum Gasteiger partial charge on any atom is -0.495 e. The Kier molecular flexibility index (Phi) is 8.14. The number of aliphatic hydroxyl groups excluding tert-OH is 1. The smallest absolute Gasteiger partial charge is 0.151 e. The molecule has 10 nitrogen and oxygen atoms in total. The van der Waals surface area contributed by atoms with Crippen molar-refractivity contribution in [1.82, 2.24) is 24.8 Å². The van der Waals surface area contributed by atoms with Crippen molar-refractivity contribution in [3.05, 3.63) is 30.1 Å². The predicted molar refractivity (Wildman–Crippen MR) is 165 cm³/mol. The Hall–Kier alpha value is -3.21. The average Bonchev–Trinajstić information content (AvgIpc) is 3.41. The normalized spacial score (nSPS) is 22.9. The van der Waals surface area contributed by atoms with Crippen LogP contribution < -0.4 is 20.7 Å². The van der Waals surface area contributed by atoms with Crippen molar-refractivity contribution < 1.29 is 9.84 Å². The Morgan fingerprint density at radius 2 is 1.80 bits per heavy atom. The van der Waals surface area contributed by atoms with Crippen LogP contribution in [0.2, 0.25) is 0 Å². The molecule has 0 spiro atoms. The first-order valence-corrected chi connectivity index (χ1v) is 15.2. The van der Waals surface area contributed by atoms with Crippen LogP contribution in [0.1, 0.15) is 44.7 Å². The highest BCUT2D eigenvalue weighted by molar-refractivity contribution is 5.97. The molecule has 0 unspecified atom stereocenters. The van der Waals surface area contributed by atoms with Crippen molar-refractivity contribution in [2.75, 3.05) is 69.4 Å². The first kappa shape index (κ1) is 27.9. The molecule has 2 saturated heterocycles. The Balaban J connectivity index is 1.26. The summed E-state index contributed by atoms with van der Waals surface area (Å²) < 4.78 is 5.94. The molecule has 220 valence electrons. The number of methoxy groups -OCH3 is 1. The third-order valence-electron chi connectivity index (χ3n) is 9.23. The highest BCUT2D eigenvalue weighted by Gasteiger charge is 2.28. The van der Waals surface area contributed by atoms with Gasteiger partial charge in [-0.2, -0.15) is 0 Å². The van der Waals surface area contributed by atoms with Gasteiger partial charge in [0, 0.05) is 63.1 Å². The van der Waals surface area contributed by atoms with Gasteiger partial charge in [-0.1, -0.05) is 13.0 Å². The number of nitrogen functional groups attached to an aromatic ring is 1. The third kappa shape index (κ3) is 5.78. The van der Waals surface area contributed by atoms with Gasteiger partial charge in [-0.05, 0) is 63.3 Å². The van der Waals surface area contributed by atoms with Crippen LogP contribution in [0.15, 0.2) is 24.4 Å². The number of nitrogens with zero attached hydrogens (tertiary/aromatic N) is 6. The van der Waals surface area contributed by atoms with Gasteiger partial charge in [-0.15, -0.1) is 0 Å². The number of likely N-dealkylation sites (N-methyl/N-ethyl adjacent to an activating group) is 1. The quantitative estimate of drug-likeness (QED) is 0.397. The molecular formula is C31H44N8O2. The second-order valence-electron chi connectivity index (χ2n) is 11.9. The summed E-state index contributed by atoms with van der Waals surface area (Å²) in [6, 6.07) is 7.24. The molecule has 0 amide bonds. The topological polar surface area (TPSA) is 116 Å². The number of ether oxygens (including phenoxy) is 1. The summed E-state index contributed by atoms with van der Waals surface area (Å²) in [5.41, 5.74) is 11.5. The van der Waals surface area contributed by atoms with Crippen LogP contribution in [-0.2, 0) is 6.42 Å². The molecule has 0 bridgehead atoms. The molecule has 4 heterocycles. The number of nitrogens with one attached hydrogen (secondary N) is 1. The van der Waals surface area contributed by atoms with Crippen LogP contribution >= 0.6 is 0 Å². The van der Waals surface area contributed by atoms with Crippen molar-refractivity contribution >= 4 is 28.4 Å². The summed E-state index contributed by atoms with van der Waals surface area (Å²) in [6.45, 7) is 8.78. The fourth-order valence-corrected chi connectivity index (χ4v) is 6.71. The van der Waals surface area contributed by atoms with Gasteiger partial charge in [-0.25, -0.2) is 15.0 Å². The maximum Gasteiger partial charge on any atom is 0.151 e. The maximum atomic E-state index is 10.0. The molecule has 3 aliphatic rings. The molecule has 10 heteroatoms. The zero-order chi connectivity index (χ0) is 28.5. The Labute approximate surface area is 242 Å². The number of aliphatic hydroxyl groups is 1.